The van der Waals surface area contributed by atoms with Crippen LogP contribution in [-0.2, 0) is 30.4 Å². The first kappa shape index (κ1) is 30.3. The number of amides is 3. The van der Waals surface area contributed by atoms with Crippen LogP contribution in [0.1, 0.15) is 39.2 Å². The molecule has 0 spiro atoms. The minimum atomic E-state index is -1.75. The lowest BCUT2D eigenvalue weighted by atomic mass is 10.0. The average molecular weight is 534 g/mol. The van der Waals surface area contributed by atoms with Gasteiger partial charge in [-0.2, -0.15) is 0 Å². The average Bonchev–Trinajstić information content (AvgIpc) is 3.23. The molecule has 0 aliphatic rings. The zero-order valence-electron chi connectivity index (χ0n) is 21.4. The van der Waals surface area contributed by atoms with Crippen LogP contribution in [0.3, 0.4) is 0 Å². The van der Waals surface area contributed by atoms with Gasteiger partial charge >= 0.3 is 11.9 Å². The number of aliphatic hydroxyl groups excluding tert-OH is 1. The number of carbonyl (C=O) groups is 5. The Morgan fingerprint density at radius 2 is 1.55 bits per heavy atom. The third kappa shape index (κ3) is 8.56. The summed E-state index contributed by atoms with van der Waals surface area (Å²) in [7, 11) is 0. The van der Waals surface area contributed by atoms with Gasteiger partial charge < -0.3 is 42.0 Å². The van der Waals surface area contributed by atoms with Crippen LogP contribution >= 0.6 is 0 Å². The summed E-state index contributed by atoms with van der Waals surface area (Å²) < 4.78 is 0. The zero-order valence-corrected chi connectivity index (χ0v) is 21.4. The molecule has 5 atom stereocenters. The Kier molecular flexibility index (Phi) is 10.8. The Balaban J connectivity index is 2.31. The molecule has 0 fully saturated rings. The van der Waals surface area contributed by atoms with E-state index >= 15 is 0 Å². The number of carbonyl (C=O) groups excluding carboxylic acids is 3. The number of nitrogens with two attached hydrogens (primary N) is 1. The maximum absolute atomic E-state index is 13.1. The van der Waals surface area contributed by atoms with Gasteiger partial charge in [-0.1, -0.05) is 32.0 Å². The second-order valence-corrected chi connectivity index (χ2v) is 9.58. The van der Waals surface area contributed by atoms with Crippen LogP contribution in [0.4, 0.5) is 0 Å². The first-order valence-corrected chi connectivity index (χ1v) is 12.1. The van der Waals surface area contributed by atoms with Crippen molar-refractivity contribution in [2.24, 2.45) is 11.7 Å². The minimum Gasteiger partial charge on any atom is -0.481 e. The highest BCUT2D eigenvalue weighted by Crippen LogP contribution is 2.19. The molecule has 0 saturated carbocycles. The third-order valence-electron chi connectivity index (χ3n) is 5.85. The van der Waals surface area contributed by atoms with E-state index in [2.05, 4.69) is 20.9 Å². The highest BCUT2D eigenvalue weighted by Gasteiger charge is 2.33. The number of hydrogen-bond donors (Lipinski definition) is 8. The number of nitrogens with one attached hydrogen (secondary N) is 4. The zero-order chi connectivity index (χ0) is 28.6. The van der Waals surface area contributed by atoms with Gasteiger partial charge in [0.1, 0.15) is 18.1 Å². The molecule has 3 amide bonds. The Morgan fingerprint density at radius 3 is 2.13 bits per heavy atom. The molecule has 1 aromatic carbocycles. The molecule has 1 aromatic heterocycles. The van der Waals surface area contributed by atoms with Crippen LogP contribution in [0.25, 0.3) is 10.9 Å². The third-order valence-corrected chi connectivity index (χ3v) is 5.85. The largest absolute Gasteiger partial charge is 0.481 e. The van der Waals surface area contributed by atoms with Gasteiger partial charge in [-0.15, -0.1) is 0 Å². The van der Waals surface area contributed by atoms with Gasteiger partial charge in [0, 0.05) is 23.5 Å². The molecule has 13 heteroatoms. The predicted molar refractivity (Wildman–Crippen MR) is 137 cm³/mol. The smallest absolute Gasteiger partial charge is 0.326 e. The number of benzene rings is 1. The standard InChI is InChI=1S/C25H35N5O8/c1-12(2)8-16(26)22(34)30-21(13(3)31)24(36)28-18(23(35)29-19(25(37)38)10-20(32)33)9-14-11-27-17-7-5-4-6-15(14)17/h4-7,11-13,16,18-19,21,27,31H,8-10,26H2,1-3H3,(H,28,36)(H,29,35)(H,30,34)(H,32,33)(H,37,38). The first-order valence-electron chi connectivity index (χ1n) is 12.1. The fourth-order valence-corrected chi connectivity index (χ4v) is 3.92. The summed E-state index contributed by atoms with van der Waals surface area (Å²) in [6, 6.07) is 1.66. The lowest BCUT2D eigenvalue weighted by molar-refractivity contribution is -0.147. The summed E-state index contributed by atoms with van der Waals surface area (Å²) in [4.78, 5) is 64.4. The molecule has 0 aliphatic carbocycles. The second-order valence-electron chi connectivity index (χ2n) is 9.58. The topological polar surface area (TPSA) is 224 Å². The van der Waals surface area contributed by atoms with E-state index in [1.807, 2.05) is 13.8 Å². The summed E-state index contributed by atoms with van der Waals surface area (Å²) in [5, 5.41) is 36.3. The predicted octanol–water partition coefficient (Wildman–Crippen LogP) is -0.522. The molecular formula is C25H35N5O8. The molecule has 2 rings (SSSR count). The molecule has 0 radical (unpaired) electrons. The second kappa shape index (κ2) is 13.5. The molecule has 38 heavy (non-hydrogen) atoms. The Morgan fingerprint density at radius 1 is 0.921 bits per heavy atom. The van der Waals surface area contributed by atoms with Gasteiger partial charge in [-0.05, 0) is 30.9 Å². The van der Waals surface area contributed by atoms with Crippen molar-refractivity contribution in [3.05, 3.63) is 36.0 Å². The molecule has 208 valence electrons. The number of carboxylic acid groups (broad SMARTS) is 2. The summed E-state index contributed by atoms with van der Waals surface area (Å²) in [6.45, 7) is 5.02. The van der Waals surface area contributed by atoms with Crippen molar-refractivity contribution in [3.63, 3.8) is 0 Å². The van der Waals surface area contributed by atoms with E-state index in [0.29, 0.717) is 12.0 Å². The number of aromatic nitrogens is 1. The molecule has 0 saturated heterocycles. The number of carboxylic acids is 2. The van der Waals surface area contributed by atoms with Crippen molar-refractivity contribution in [3.8, 4) is 0 Å². The number of aliphatic hydroxyl groups is 1. The molecule has 2 aromatic rings. The van der Waals surface area contributed by atoms with Crippen LogP contribution in [0, 0.1) is 5.92 Å². The van der Waals surface area contributed by atoms with Crippen molar-refractivity contribution in [2.45, 2.75) is 70.3 Å². The molecular weight excluding hydrogens is 498 g/mol. The number of H-pyrrole nitrogens is 1. The molecule has 0 bridgehead atoms. The van der Waals surface area contributed by atoms with Gasteiger partial charge in [-0.25, -0.2) is 4.79 Å². The van der Waals surface area contributed by atoms with Crippen molar-refractivity contribution in [1.82, 2.24) is 20.9 Å². The van der Waals surface area contributed by atoms with Crippen LogP contribution < -0.4 is 21.7 Å². The number of aliphatic carboxylic acids is 2. The van der Waals surface area contributed by atoms with E-state index in [4.69, 9.17) is 10.8 Å². The van der Waals surface area contributed by atoms with Crippen LogP contribution in [0.5, 0.6) is 0 Å². The van der Waals surface area contributed by atoms with Crippen LogP contribution in [0.2, 0.25) is 0 Å². The summed E-state index contributed by atoms with van der Waals surface area (Å²) >= 11 is 0. The highest BCUT2D eigenvalue weighted by molar-refractivity contribution is 5.95. The summed E-state index contributed by atoms with van der Waals surface area (Å²) in [5.41, 5.74) is 7.26. The number of hydrogen-bond acceptors (Lipinski definition) is 7. The van der Waals surface area contributed by atoms with Crippen molar-refractivity contribution in [1.29, 1.82) is 0 Å². The van der Waals surface area contributed by atoms with Crippen molar-refractivity contribution >= 4 is 40.6 Å². The van der Waals surface area contributed by atoms with E-state index in [1.54, 1.807) is 30.5 Å². The number of para-hydroxylation sites is 1. The van der Waals surface area contributed by atoms with E-state index < -0.39 is 66.4 Å². The van der Waals surface area contributed by atoms with Gasteiger partial charge in [0.15, 0.2) is 0 Å². The lowest BCUT2D eigenvalue weighted by Gasteiger charge is -2.26. The summed E-state index contributed by atoms with van der Waals surface area (Å²) in [5.74, 6) is -5.42. The van der Waals surface area contributed by atoms with Gasteiger partial charge in [-0.3, -0.25) is 19.2 Å². The minimum absolute atomic E-state index is 0.103. The SMILES string of the molecule is CC(C)CC(N)C(=O)NC(C(=O)NC(Cc1c[nH]c2ccccc12)C(=O)NC(CC(=O)O)C(=O)O)C(C)O. The van der Waals surface area contributed by atoms with E-state index in [-0.39, 0.29) is 12.3 Å². The van der Waals surface area contributed by atoms with Gasteiger partial charge in [0.25, 0.3) is 0 Å². The fourth-order valence-electron chi connectivity index (χ4n) is 3.92. The Hall–Kier alpha value is -3.97. The number of aromatic amines is 1. The van der Waals surface area contributed by atoms with Crippen molar-refractivity contribution < 1.29 is 39.3 Å². The highest BCUT2D eigenvalue weighted by atomic mass is 16.4. The fraction of sp³-hybridized carbons (Fsp3) is 0.480. The Bertz CT molecular complexity index is 1160. The van der Waals surface area contributed by atoms with Gasteiger partial charge in [0.05, 0.1) is 18.6 Å². The maximum atomic E-state index is 13.1. The van der Waals surface area contributed by atoms with Crippen LogP contribution in [0.15, 0.2) is 30.5 Å². The molecule has 13 nitrogen and oxygen atoms in total. The van der Waals surface area contributed by atoms with E-state index in [9.17, 15) is 34.2 Å². The number of rotatable bonds is 14. The normalized spacial score (nSPS) is 15.2. The Labute approximate surface area is 219 Å². The molecule has 1 heterocycles. The molecule has 5 unspecified atom stereocenters. The first-order chi connectivity index (χ1) is 17.8. The molecule has 0 aliphatic heterocycles. The summed E-state index contributed by atoms with van der Waals surface area (Å²) in [6.07, 6.45) is -0.377. The monoisotopic (exact) mass is 533 g/mol. The lowest BCUT2D eigenvalue weighted by Crippen LogP contribution is -2.60. The van der Waals surface area contributed by atoms with Crippen molar-refractivity contribution in [2.75, 3.05) is 0 Å². The quantitative estimate of drug-likeness (QED) is 0.156. The molecule has 9 N–H and O–H groups in total. The van der Waals surface area contributed by atoms with E-state index in [0.717, 1.165) is 10.9 Å². The van der Waals surface area contributed by atoms with E-state index in [1.165, 1.54) is 6.92 Å². The van der Waals surface area contributed by atoms with Crippen LogP contribution in [-0.4, -0.2) is 80.2 Å². The maximum Gasteiger partial charge on any atom is 0.326 e. The van der Waals surface area contributed by atoms with Gasteiger partial charge in [0.2, 0.25) is 17.7 Å². The number of fused-ring (bicyclic) bond motifs is 1.